The van der Waals surface area contributed by atoms with Crippen molar-refractivity contribution in [3.63, 3.8) is 0 Å². The Morgan fingerprint density at radius 2 is 2.11 bits per heavy atom. The summed E-state index contributed by atoms with van der Waals surface area (Å²) in [6.45, 7) is 8.27. The summed E-state index contributed by atoms with van der Waals surface area (Å²) in [6, 6.07) is 8.45. The molecule has 0 fully saturated rings. The molecule has 0 heterocycles. The summed E-state index contributed by atoms with van der Waals surface area (Å²) < 4.78 is 5.46. The summed E-state index contributed by atoms with van der Waals surface area (Å²) in [4.78, 5) is 0. The molecule has 104 valence electrons. The van der Waals surface area contributed by atoms with E-state index in [1.54, 1.807) is 7.11 Å². The van der Waals surface area contributed by atoms with Crippen molar-refractivity contribution in [1.82, 2.24) is 5.32 Å². The average molecular weight is 260 g/mol. The number of hydrogen-bond donors (Lipinski definition) is 1. The number of aryl methyl sites for hydroxylation is 1. The lowest BCUT2D eigenvalue weighted by atomic mass is 9.83. The Hall–Kier alpha value is -1.53. The third-order valence-corrected chi connectivity index (χ3v) is 3.29. The molecule has 0 saturated carbocycles. The maximum atomic E-state index is 8.51. The van der Waals surface area contributed by atoms with Crippen LogP contribution in [0.2, 0.25) is 0 Å². The lowest BCUT2D eigenvalue weighted by Gasteiger charge is -2.28. The monoisotopic (exact) mass is 260 g/mol. The average Bonchev–Trinajstić information content (AvgIpc) is 2.38. The lowest BCUT2D eigenvalue weighted by Crippen LogP contribution is -2.33. The van der Waals surface area contributed by atoms with Gasteiger partial charge in [-0.2, -0.15) is 5.26 Å². The summed E-state index contributed by atoms with van der Waals surface area (Å²) in [6.07, 6.45) is 1.51. The first kappa shape index (κ1) is 15.5. The number of benzene rings is 1. The highest BCUT2D eigenvalue weighted by Crippen LogP contribution is 2.31. The van der Waals surface area contributed by atoms with Gasteiger partial charge in [0.1, 0.15) is 5.75 Å². The number of rotatable bonds is 7. The molecule has 1 rings (SSSR count). The zero-order valence-corrected chi connectivity index (χ0v) is 12.4. The molecule has 0 aromatic heterocycles. The molecule has 19 heavy (non-hydrogen) atoms. The van der Waals surface area contributed by atoms with Crippen molar-refractivity contribution in [3.05, 3.63) is 29.3 Å². The van der Waals surface area contributed by atoms with E-state index in [9.17, 15) is 0 Å². The molecule has 1 aromatic carbocycles. The van der Waals surface area contributed by atoms with Gasteiger partial charge in [-0.1, -0.05) is 31.5 Å². The van der Waals surface area contributed by atoms with Gasteiger partial charge in [0.2, 0.25) is 0 Å². The minimum absolute atomic E-state index is 0.00397. The molecule has 3 nitrogen and oxygen atoms in total. The molecule has 0 bridgehead atoms. The Kier molecular flexibility index (Phi) is 5.85. The maximum absolute atomic E-state index is 8.51. The highest BCUT2D eigenvalue weighted by molar-refractivity contribution is 5.41. The van der Waals surface area contributed by atoms with Crippen LogP contribution in [0.1, 0.15) is 37.8 Å². The molecule has 0 aliphatic rings. The molecular weight excluding hydrogens is 236 g/mol. The molecule has 3 heteroatoms. The van der Waals surface area contributed by atoms with E-state index in [1.165, 1.54) is 11.1 Å². The molecule has 0 aliphatic heterocycles. The molecule has 1 N–H and O–H groups in total. The molecule has 0 amide bonds. The van der Waals surface area contributed by atoms with Crippen molar-refractivity contribution >= 4 is 0 Å². The molecule has 0 saturated heterocycles. The highest BCUT2D eigenvalue weighted by Gasteiger charge is 2.24. The van der Waals surface area contributed by atoms with E-state index in [0.717, 1.165) is 25.3 Å². The number of unbranched alkanes of at least 4 members (excludes halogenated alkanes) is 1. The van der Waals surface area contributed by atoms with Gasteiger partial charge in [-0.05, 0) is 26.0 Å². The summed E-state index contributed by atoms with van der Waals surface area (Å²) in [7, 11) is 1.71. The van der Waals surface area contributed by atoms with Crippen molar-refractivity contribution < 1.29 is 4.74 Å². The van der Waals surface area contributed by atoms with E-state index < -0.39 is 0 Å². The van der Waals surface area contributed by atoms with Gasteiger partial charge in [0.05, 0.1) is 13.2 Å². The predicted octanol–water partition coefficient (Wildman–Crippen LogP) is 3.17. The van der Waals surface area contributed by atoms with E-state index in [0.29, 0.717) is 6.42 Å². The Bertz CT molecular complexity index is 447. The van der Waals surface area contributed by atoms with Crippen molar-refractivity contribution in [2.75, 3.05) is 20.2 Å². The second-order valence-electron chi connectivity index (χ2n) is 5.53. The second-order valence-corrected chi connectivity index (χ2v) is 5.53. The molecule has 1 aromatic rings. The fraction of sp³-hybridized carbons (Fsp3) is 0.562. The Balaban J connectivity index is 2.70. The van der Waals surface area contributed by atoms with Crippen molar-refractivity contribution in [2.24, 2.45) is 0 Å². The van der Waals surface area contributed by atoms with Crippen LogP contribution in [0.4, 0.5) is 0 Å². The van der Waals surface area contributed by atoms with E-state index in [2.05, 4.69) is 44.3 Å². The third kappa shape index (κ3) is 4.57. The molecule has 0 atom stereocenters. The minimum Gasteiger partial charge on any atom is -0.496 e. The van der Waals surface area contributed by atoms with Gasteiger partial charge in [-0.15, -0.1) is 0 Å². The quantitative estimate of drug-likeness (QED) is 0.766. The first-order chi connectivity index (χ1) is 9.01. The fourth-order valence-electron chi connectivity index (χ4n) is 2.14. The van der Waals surface area contributed by atoms with E-state index in [1.807, 2.05) is 6.07 Å². The topological polar surface area (TPSA) is 45.0 Å². The number of methoxy groups -OCH3 is 1. The van der Waals surface area contributed by atoms with Crippen LogP contribution in [0.25, 0.3) is 0 Å². The minimum atomic E-state index is 0.00397. The number of nitriles is 1. The molecular formula is C16H24N2O. The Morgan fingerprint density at radius 3 is 2.74 bits per heavy atom. The van der Waals surface area contributed by atoms with E-state index in [-0.39, 0.29) is 5.41 Å². The van der Waals surface area contributed by atoms with Crippen LogP contribution < -0.4 is 10.1 Å². The number of nitrogens with zero attached hydrogens (tertiary/aromatic N) is 1. The van der Waals surface area contributed by atoms with Crippen LogP contribution in [-0.4, -0.2) is 20.2 Å². The van der Waals surface area contributed by atoms with Gasteiger partial charge in [0.25, 0.3) is 0 Å². The van der Waals surface area contributed by atoms with Crippen molar-refractivity contribution in [3.8, 4) is 11.8 Å². The first-order valence-electron chi connectivity index (χ1n) is 6.74. The number of hydrogen-bond acceptors (Lipinski definition) is 3. The zero-order valence-electron chi connectivity index (χ0n) is 12.4. The highest BCUT2D eigenvalue weighted by atomic mass is 16.5. The number of nitrogens with one attached hydrogen (secondary N) is 1. The first-order valence-corrected chi connectivity index (χ1v) is 6.74. The normalized spacial score (nSPS) is 11.1. The molecule has 0 spiro atoms. The maximum Gasteiger partial charge on any atom is 0.122 e. The Morgan fingerprint density at radius 1 is 1.37 bits per heavy atom. The van der Waals surface area contributed by atoms with E-state index >= 15 is 0 Å². The van der Waals surface area contributed by atoms with Crippen LogP contribution in [0.3, 0.4) is 0 Å². The van der Waals surface area contributed by atoms with Crippen LogP contribution in [-0.2, 0) is 5.41 Å². The van der Waals surface area contributed by atoms with Gasteiger partial charge < -0.3 is 10.1 Å². The van der Waals surface area contributed by atoms with Crippen LogP contribution in [0.5, 0.6) is 5.75 Å². The predicted molar refractivity (Wildman–Crippen MR) is 78.5 cm³/mol. The third-order valence-electron chi connectivity index (χ3n) is 3.29. The van der Waals surface area contributed by atoms with Crippen LogP contribution >= 0.6 is 0 Å². The van der Waals surface area contributed by atoms with Crippen molar-refractivity contribution in [1.29, 1.82) is 5.26 Å². The van der Waals surface area contributed by atoms with Crippen molar-refractivity contribution in [2.45, 2.75) is 39.0 Å². The smallest absolute Gasteiger partial charge is 0.122 e. The van der Waals surface area contributed by atoms with Crippen LogP contribution in [0.15, 0.2) is 18.2 Å². The largest absolute Gasteiger partial charge is 0.496 e. The summed E-state index contributed by atoms with van der Waals surface area (Å²) in [5.74, 6) is 0.939. The summed E-state index contributed by atoms with van der Waals surface area (Å²) in [5.41, 5.74) is 2.47. The summed E-state index contributed by atoms with van der Waals surface area (Å²) >= 11 is 0. The van der Waals surface area contributed by atoms with Gasteiger partial charge in [-0.25, -0.2) is 0 Å². The summed E-state index contributed by atoms with van der Waals surface area (Å²) in [5, 5.41) is 11.9. The van der Waals surface area contributed by atoms with Gasteiger partial charge in [-0.3, -0.25) is 0 Å². The molecule has 0 radical (unpaired) electrons. The number of ether oxygens (including phenoxy) is 1. The lowest BCUT2D eigenvalue weighted by molar-refractivity contribution is 0.385. The molecule has 0 unspecified atom stereocenters. The van der Waals surface area contributed by atoms with E-state index in [4.69, 9.17) is 10.00 Å². The van der Waals surface area contributed by atoms with Gasteiger partial charge >= 0.3 is 0 Å². The second kappa shape index (κ2) is 7.16. The zero-order chi connectivity index (χ0) is 14.3. The standard InChI is InChI=1S/C16H24N2O/c1-13-7-8-15(19-4)14(11-13)16(2,3)12-18-10-6-5-9-17/h7-8,11,18H,5-6,10,12H2,1-4H3. The van der Waals surface area contributed by atoms with Crippen LogP contribution in [0, 0.1) is 18.3 Å². The fourth-order valence-corrected chi connectivity index (χ4v) is 2.14. The SMILES string of the molecule is COc1ccc(C)cc1C(C)(C)CNCCCC#N. The Labute approximate surface area is 116 Å². The van der Waals surface area contributed by atoms with Gasteiger partial charge in [0.15, 0.2) is 0 Å². The molecule has 0 aliphatic carbocycles. The van der Waals surface area contributed by atoms with Gasteiger partial charge in [0, 0.05) is 23.9 Å².